The molecule has 0 aromatic heterocycles. The molecule has 0 saturated carbocycles. The minimum absolute atomic E-state index is 0.0109. The summed E-state index contributed by atoms with van der Waals surface area (Å²) < 4.78 is 53.1. The van der Waals surface area contributed by atoms with Crippen molar-refractivity contribution in [2.75, 3.05) is 25.6 Å². The van der Waals surface area contributed by atoms with Gasteiger partial charge in [-0.3, -0.25) is 14.9 Å². The smallest absolute Gasteiger partial charge is 0.407 e. The molecule has 2 aromatic rings. The predicted molar refractivity (Wildman–Crippen MR) is 152 cm³/mol. The first-order valence-corrected chi connectivity index (χ1v) is 13.9. The normalized spacial score (nSPS) is 13.8. The van der Waals surface area contributed by atoms with Crippen LogP contribution in [0.4, 0.5) is 18.9 Å². The van der Waals surface area contributed by atoms with E-state index in [-0.39, 0.29) is 30.4 Å². The first-order valence-electron chi connectivity index (χ1n) is 13.9. The van der Waals surface area contributed by atoms with E-state index in [1.165, 1.54) is 19.2 Å². The number of carboxylic acid groups (broad SMARTS) is 1. The molecule has 0 saturated heterocycles. The summed E-state index contributed by atoms with van der Waals surface area (Å²) in [6, 6.07) is 9.41. The van der Waals surface area contributed by atoms with Gasteiger partial charge in [-0.2, -0.15) is 13.2 Å². The Bertz CT molecular complexity index is 1080. The molecule has 0 radical (unpaired) electrons. The number of benzene rings is 2. The van der Waals surface area contributed by atoms with Crippen molar-refractivity contribution in [2.24, 2.45) is 5.92 Å². The highest BCUT2D eigenvalue weighted by atomic mass is 19.4. The highest BCUT2D eigenvalue weighted by molar-refractivity contribution is 5.82. The van der Waals surface area contributed by atoms with Crippen molar-refractivity contribution in [3.05, 3.63) is 54.1 Å². The lowest BCUT2D eigenvalue weighted by molar-refractivity contribution is -0.161. The fourth-order valence-electron chi connectivity index (χ4n) is 4.26. The van der Waals surface area contributed by atoms with Crippen molar-refractivity contribution < 1.29 is 37.3 Å². The van der Waals surface area contributed by atoms with Crippen LogP contribution in [0.5, 0.6) is 11.5 Å². The van der Waals surface area contributed by atoms with Gasteiger partial charge in [0, 0.05) is 25.1 Å². The molecule has 0 aliphatic carbocycles. The molecule has 2 aromatic carbocycles. The Morgan fingerprint density at radius 2 is 1.76 bits per heavy atom. The van der Waals surface area contributed by atoms with Gasteiger partial charge in [-0.1, -0.05) is 51.1 Å². The second kappa shape index (κ2) is 16.7. The topological polar surface area (TPSA) is 109 Å². The number of alkyl halides is 3. The van der Waals surface area contributed by atoms with Gasteiger partial charge in [0.15, 0.2) is 0 Å². The number of hydrogen-bond donors (Lipinski definition) is 4. The Balaban J connectivity index is 2.04. The quantitative estimate of drug-likeness (QED) is 0.161. The third-order valence-electron chi connectivity index (χ3n) is 6.46. The monoisotopic (exact) mass is 581 g/mol. The second-order valence-electron chi connectivity index (χ2n) is 10.3. The lowest BCUT2D eigenvalue weighted by Gasteiger charge is -2.29. The number of carbonyl (C=O) groups is 2. The van der Waals surface area contributed by atoms with E-state index in [2.05, 4.69) is 16.0 Å². The summed E-state index contributed by atoms with van der Waals surface area (Å²) in [5, 5.41) is 17.5. The maximum absolute atomic E-state index is 14.0. The number of amides is 1. The first-order chi connectivity index (χ1) is 19.4. The Labute approximate surface area is 240 Å². The van der Waals surface area contributed by atoms with E-state index in [4.69, 9.17) is 14.6 Å². The van der Waals surface area contributed by atoms with Crippen molar-refractivity contribution in [3.8, 4) is 11.5 Å². The molecule has 8 nitrogen and oxygen atoms in total. The minimum Gasteiger partial charge on any atom is -0.494 e. The van der Waals surface area contributed by atoms with Crippen molar-refractivity contribution in [3.63, 3.8) is 0 Å². The van der Waals surface area contributed by atoms with Gasteiger partial charge >= 0.3 is 12.1 Å². The summed E-state index contributed by atoms with van der Waals surface area (Å²) in [5.74, 6) is -0.250. The molecule has 228 valence electrons. The zero-order valence-electron chi connectivity index (χ0n) is 24.1. The zero-order valence-corrected chi connectivity index (χ0v) is 24.1. The van der Waals surface area contributed by atoms with Crippen LogP contribution in [0, 0.1) is 5.92 Å². The Morgan fingerprint density at radius 3 is 2.34 bits per heavy atom. The third-order valence-corrected chi connectivity index (χ3v) is 6.46. The van der Waals surface area contributed by atoms with Crippen LogP contribution in [0.1, 0.15) is 64.5 Å². The summed E-state index contributed by atoms with van der Waals surface area (Å²) in [6.45, 7) is 6.31. The number of unbranched alkanes of at least 4 members (excludes halogenated alkanes) is 1. The van der Waals surface area contributed by atoms with Gasteiger partial charge in [-0.05, 0) is 49.3 Å². The minimum atomic E-state index is -4.58. The summed E-state index contributed by atoms with van der Waals surface area (Å²) in [4.78, 5) is 23.9. The summed E-state index contributed by atoms with van der Waals surface area (Å²) in [7, 11) is 1.52. The van der Waals surface area contributed by atoms with Gasteiger partial charge in [0.05, 0.1) is 25.4 Å². The van der Waals surface area contributed by atoms with Crippen LogP contribution < -0.4 is 25.4 Å². The predicted octanol–water partition coefficient (Wildman–Crippen LogP) is 5.94. The Kier molecular flexibility index (Phi) is 13.8. The molecule has 3 atom stereocenters. The second-order valence-corrected chi connectivity index (χ2v) is 10.3. The summed E-state index contributed by atoms with van der Waals surface area (Å²) in [6.07, 6.45) is -2.57. The molecule has 0 heterocycles. The molecule has 2 rings (SSSR count). The van der Waals surface area contributed by atoms with Crippen LogP contribution in [-0.4, -0.2) is 55.5 Å². The molecule has 1 amide bonds. The van der Waals surface area contributed by atoms with Crippen LogP contribution >= 0.6 is 0 Å². The average Bonchev–Trinajstić information content (AvgIpc) is 2.92. The van der Waals surface area contributed by atoms with Crippen LogP contribution in [0.25, 0.3) is 0 Å². The van der Waals surface area contributed by atoms with E-state index in [1.807, 2.05) is 20.8 Å². The van der Waals surface area contributed by atoms with Crippen LogP contribution in [-0.2, 0) is 9.59 Å². The van der Waals surface area contributed by atoms with Crippen molar-refractivity contribution in [1.82, 2.24) is 10.6 Å². The number of anilines is 1. The highest BCUT2D eigenvalue weighted by Gasteiger charge is 2.43. The van der Waals surface area contributed by atoms with Crippen molar-refractivity contribution in [2.45, 2.75) is 77.2 Å². The SMILES string of the molecule is CC[C@@H](CNc1ccc(OCCCCC(=O)O)cc1OC)NC(=O)[C@H](CC(C)C)NC(c1ccccc1)C(F)(F)F. The maximum atomic E-state index is 14.0. The van der Waals surface area contributed by atoms with Gasteiger partial charge in [0.1, 0.15) is 17.5 Å². The third kappa shape index (κ3) is 11.9. The number of carbonyl (C=O) groups excluding carboxylic acids is 1. The van der Waals surface area contributed by atoms with E-state index >= 15 is 0 Å². The summed E-state index contributed by atoms with van der Waals surface area (Å²) >= 11 is 0. The van der Waals surface area contributed by atoms with Gasteiger partial charge in [0.25, 0.3) is 0 Å². The van der Waals surface area contributed by atoms with E-state index < -0.39 is 30.1 Å². The number of hydrogen-bond acceptors (Lipinski definition) is 6. The number of carboxylic acids is 1. The van der Waals surface area contributed by atoms with Crippen LogP contribution in [0.15, 0.2) is 48.5 Å². The van der Waals surface area contributed by atoms with Gasteiger partial charge < -0.3 is 25.2 Å². The average molecular weight is 582 g/mol. The molecule has 0 aliphatic heterocycles. The number of halogens is 3. The Morgan fingerprint density at radius 1 is 1.05 bits per heavy atom. The molecule has 41 heavy (non-hydrogen) atoms. The fraction of sp³-hybridized carbons (Fsp3) is 0.533. The zero-order chi connectivity index (χ0) is 30.4. The van der Waals surface area contributed by atoms with Gasteiger partial charge in [0.2, 0.25) is 5.91 Å². The lowest BCUT2D eigenvalue weighted by Crippen LogP contribution is -2.52. The molecule has 4 N–H and O–H groups in total. The molecular formula is C30H42F3N3O5. The lowest BCUT2D eigenvalue weighted by atomic mass is 9.99. The molecule has 1 unspecified atom stereocenters. The molecule has 0 spiro atoms. The van der Waals surface area contributed by atoms with E-state index in [9.17, 15) is 22.8 Å². The number of aliphatic carboxylic acids is 1. The summed E-state index contributed by atoms with van der Waals surface area (Å²) in [5.41, 5.74) is 0.714. The maximum Gasteiger partial charge on any atom is 0.407 e. The standard InChI is InChI=1S/C30H42F3N3O5/c1-5-22(19-34-24-15-14-23(18-26(24)40-4)41-16-10-9-13-27(37)38)35-29(39)25(17-20(2)3)36-28(30(31,32)33)21-11-7-6-8-12-21/h6-8,11-12,14-15,18,20,22,25,28,34,36H,5,9-10,13,16-17,19H2,1-4H3,(H,35,39)(H,37,38)/t22-,25-,28?/m0/s1. The number of methoxy groups -OCH3 is 1. The van der Waals surface area contributed by atoms with Crippen LogP contribution in [0.3, 0.4) is 0 Å². The molecule has 0 bridgehead atoms. The first kappa shape index (κ1) is 33.7. The van der Waals surface area contributed by atoms with Gasteiger partial charge in [-0.15, -0.1) is 0 Å². The highest BCUT2D eigenvalue weighted by Crippen LogP contribution is 2.33. The molecule has 0 aliphatic rings. The number of rotatable bonds is 18. The molecule has 0 fully saturated rings. The van der Waals surface area contributed by atoms with Crippen molar-refractivity contribution in [1.29, 1.82) is 0 Å². The largest absolute Gasteiger partial charge is 0.494 e. The number of ether oxygens (including phenoxy) is 2. The number of nitrogens with one attached hydrogen (secondary N) is 3. The van der Waals surface area contributed by atoms with E-state index in [0.29, 0.717) is 49.6 Å². The Hall–Kier alpha value is -3.47. The molecular weight excluding hydrogens is 539 g/mol. The molecule has 11 heteroatoms. The van der Waals surface area contributed by atoms with Gasteiger partial charge in [-0.25, -0.2) is 0 Å². The fourth-order valence-corrected chi connectivity index (χ4v) is 4.26. The van der Waals surface area contributed by atoms with Crippen LogP contribution in [0.2, 0.25) is 0 Å². The van der Waals surface area contributed by atoms with E-state index in [1.54, 1.807) is 36.4 Å². The van der Waals surface area contributed by atoms with Crippen molar-refractivity contribution >= 4 is 17.6 Å². The van der Waals surface area contributed by atoms with E-state index in [0.717, 1.165) is 0 Å².